The zero-order valence-corrected chi connectivity index (χ0v) is 15.2. The number of likely N-dealkylation sites (tertiary alicyclic amines) is 1. The number of hydrogen-bond donors (Lipinski definition) is 1. The predicted molar refractivity (Wildman–Crippen MR) is 93.8 cm³/mol. The van der Waals surface area contributed by atoms with E-state index in [0.29, 0.717) is 11.5 Å². The Hall–Kier alpha value is -0.380. The van der Waals surface area contributed by atoms with Gasteiger partial charge in [-0.15, -0.1) is 11.3 Å². The first-order valence-electron chi connectivity index (χ1n) is 8.35. The maximum atomic E-state index is 6.35. The zero-order valence-electron chi connectivity index (χ0n) is 14.4. The van der Waals surface area contributed by atoms with Gasteiger partial charge in [-0.1, -0.05) is 20.8 Å². The molecule has 1 aliphatic heterocycles. The minimum Gasteiger partial charge on any atom is -0.326 e. The average Bonchev–Trinajstić information content (AvgIpc) is 2.62. The molecule has 3 unspecified atom stereocenters. The molecule has 2 nitrogen and oxygen atoms in total. The first-order valence-corrected chi connectivity index (χ1v) is 9.16. The summed E-state index contributed by atoms with van der Waals surface area (Å²) in [5.41, 5.74) is 6.78. The monoisotopic (exact) mass is 308 g/mol. The van der Waals surface area contributed by atoms with Crippen molar-refractivity contribution < 1.29 is 0 Å². The van der Waals surface area contributed by atoms with Crippen molar-refractivity contribution >= 4 is 11.3 Å². The maximum absolute atomic E-state index is 6.35. The van der Waals surface area contributed by atoms with Crippen LogP contribution in [0.15, 0.2) is 12.1 Å². The molecule has 0 radical (unpaired) electrons. The van der Waals surface area contributed by atoms with Crippen LogP contribution in [0.1, 0.15) is 62.8 Å². The molecule has 0 aliphatic carbocycles. The summed E-state index contributed by atoms with van der Waals surface area (Å²) >= 11 is 1.91. The van der Waals surface area contributed by atoms with E-state index in [1.807, 2.05) is 11.3 Å². The van der Waals surface area contributed by atoms with Crippen LogP contribution in [0.3, 0.4) is 0 Å². The molecule has 2 rings (SSSR count). The molecule has 3 heteroatoms. The highest BCUT2D eigenvalue weighted by Gasteiger charge is 2.31. The Morgan fingerprint density at radius 3 is 2.48 bits per heavy atom. The Morgan fingerprint density at radius 1 is 1.24 bits per heavy atom. The van der Waals surface area contributed by atoms with E-state index in [1.54, 1.807) is 0 Å². The third kappa shape index (κ3) is 4.30. The van der Waals surface area contributed by atoms with Crippen LogP contribution in [-0.4, -0.2) is 24.0 Å². The minimum absolute atomic E-state index is 0.189. The van der Waals surface area contributed by atoms with Gasteiger partial charge in [-0.05, 0) is 69.7 Å². The van der Waals surface area contributed by atoms with E-state index >= 15 is 0 Å². The largest absolute Gasteiger partial charge is 0.326 e. The number of aryl methyl sites for hydroxylation is 1. The van der Waals surface area contributed by atoms with Crippen LogP contribution in [0.2, 0.25) is 0 Å². The molecule has 0 aromatic carbocycles. The highest BCUT2D eigenvalue weighted by Crippen LogP contribution is 2.37. The third-order valence-electron chi connectivity index (χ3n) is 4.93. The van der Waals surface area contributed by atoms with Gasteiger partial charge in [0.25, 0.3) is 0 Å². The fourth-order valence-electron chi connectivity index (χ4n) is 3.65. The van der Waals surface area contributed by atoms with E-state index in [4.69, 9.17) is 5.73 Å². The molecule has 3 atom stereocenters. The number of thiophene rings is 1. The minimum atomic E-state index is 0.189. The SMILES string of the molecule is Cc1ccc(C(C(C)N)N2CCCC(C(C)(C)C)CC2)s1. The summed E-state index contributed by atoms with van der Waals surface area (Å²) in [6.45, 7) is 13.9. The lowest BCUT2D eigenvalue weighted by Gasteiger charge is -2.34. The van der Waals surface area contributed by atoms with Crippen molar-refractivity contribution in [3.05, 3.63) is 21.9 Å². The van der Waals surface area contributed by atoms with Crippen molar-refractivity contribution in [2.24, 2.45) is 17.1 Å². The van der Waals surface area contributed by atoms with Crippen LogP contribution in [0.5, 0.6) is 0 Å². The van der Waals surface area contributed by atoms with E-state index in [0.717, 1.165) is 5.92 Å². The molecule has 0 bridgehead atoms. The van der Waals surface area contributed by atoms with E-state index in [2.05, 4.69) is 51.7 Å². The molecule has 1 aromatic heterocycles. The quantitative estimate of drug-likeness (QED) is 0.884. The van der Waals surface area contributed by atoms with Gasteiger partial charge >= 0.3 is 0 Å². The standard InChI is InChI=1S/C18H32N2S/c1-13-8-9-16(21-13)17(14(2)19)20-11-6-7-15(10-12-20)18(3,4)5/h8-9,14-15,17H,6-7,10-12,19H2,1-5H3. The van der Waals surface area contributed by atoms with Crippen molar-refractivity contribution in [2.45, 2.75) is 66.0 Å². The fraction of sp³-hybridized carbons (Fsp3) is 0.778. The summed E-state index contributed by atoms with van der Waals surface area (Å²) in [4.78, 5) is 5.47. The van der Waals surface area contributed by atoms with Crippen LogP contribution in [0, 0.1) is 18.3 Å². The Labute approximate surface area is 134 Å². The predicted octanol–water partition coefficient (Wildman–Crippen LogP) is 4.59. The van der Waals surface area contributed by atoms with Crippen molar-refractivity contribution in [3.63, 3.8) is 0 Å². The van der Waals surface area contributed by atoms with Gasteiger partial charge in [0.15, 0.2) is 0 Å². The van der Waals surface area contributed by atoms with Gasteiger partial charge in [-0.3, -0.25) is 4.90 Å². The lowest BCUT2D eigenvalue weighted by Crippen LogP contribution is -2.39. The molecular weight excluding hydrogens is 276 g/mol. The molecule has 1 aromatic rings. The van der Waals surface area contributed by atoms with Crippen LogP contribution >= 0.6 is 11.3 Å². The molecule has 2 heterocycles. The highest BCUT2D eigenvalue weighted by atomic mass is 32.1. The van der Waals surface area contributed by atoms with Gasteiger partial charge in [0.2, 0.25) is 0 Å². The van der Waals surface area contributed by atoms with Gasteiger partial charge in [0.05, 0.1) is 6.04 Å². The Balaban J connectivity index is 2.11. The van der Waals surface area contributed by atoms with Gasteiger partial charge in [-0.2, -0.15) is 0 Å². The smallest absolute Gasteiger partial charge is 0.0590 e. The number of rotatable bonds is 3. The second kappa shape index (κ2) is 6.80. The Kier molecular flexibility index (Phi) is 5.50. The molecule has 0 spiro atoms. The van der Waals surface area contributed by atoms with Crippen molar-refractivity contribution in [1.82, 2.24) is 4.90 Å². The molecule has 0 saturated carbocycles. The average molecular weight is 309 g/mol. The van der Waals surface area contributed by atoms with Crippen molar-refractivity contribution in [3.8, 4) is 0 Å². The summed E-state index contributed by atoms with van der Waals surface area (Å²) in [5.74, 6) is 0.835. The summed E-state index contributed by atoms with van der Waals surface area (Å²) in [7, 11) is 0. The van der Waals surface area contributed by atoms with Gasteiger partial charge in [0.1, 0.15) is 0 Å². The van der Waals surface area contributed by atoms with Gasteiger partial charge < -0.3 is 5.73 Å². The second-order valence-electron chi connectivity index (χ2n) is 7.78. The van der Waals surface area contributed by atoms with E-state index in [-0.39, 0.29) is 6.04 Å². The van der Waals surface area contributed by atoms with Crippen LogP contribution in [0.25, 0.3) is 0 Å². The number of nitrogens with zero attached hydrogens (tertiary/aromatic N) is 1. The number of nitrogens with two attached hydrogens (primary N) is 1. The summed E-state index contributed by atoms with van der Waals surface area (Å²) in [5, 5.41) is 0. The first-order chi connectivity index (χ1) is 9.79. The molecular formula is C18H32N2S. The molecule has 1 fully saturated rings. The van der Waals surface area contributed by atoms with E-state index in [9.17, 15) is 0 Å². The summed E-state index contributed by atoms with van der Waals surface area (Å²) in [6, 6.07) is 5.09. The molecule has 2 N–H and O–H groups in total. The summed E-state index contributed by atoms with van der Waals surface area (Å²) < 4.78 is 0. The number of hydrogen-bond acceptors (Lipinski definition) is 3. The molecule has 1 aliphatic rings. The topological polar surface area (TPSA) is 29.3 Å². The Morgan fingerprint density at radius 2 is 1.95 bits per heavy atom. The second-order valence-corrected chi connectivity index (χ2v) is 9.10. The van der Waals surface area contributed by atoms with Gasteiger partial charge in [0, 0.05) is 15.8 Å². The normalized spacial score (nSPS) is 24.6. The first kappa shape index (κ1) is 17.0. The molecule has 21 heavy (non-hydrogen) atoms. The van der Waals surface area contributed by atoms with Gasteiger partial charge in [-0.25, -0.2) is 0 Å². The maximum Gasteiger partial charge on any atom is 0.0590 e. The summed E-state index contributed by atoms with van der Waals surface area (Å²) in [6.07, 6.45) is 3.96. The van der Waals surface area contributed by atoms with E-state index < -0.39 is 0 Å². The highest BCUT2D eigenvalue weighted by molar-refractivity contribution is 7.12. The zero-order chi connectivity index (χ0) is 15.6. The third-order valence-corrected chi connectivity index (χ3v) is 6.00. The lowest BCUT2D eigenvalue weighted by atomic mass is 9.77. The van der Waals surface area contributed by atoms with Crippen LogP contribution in [-0.2, 0) is 0 Å². The van der Waals surface area contributed by atoms with Crippen molar-refractivity contribution in [2.75, 3.05) is 13.1 Å². The molecule has 120 valence electrons. The van der Waals surface area contributed by atoms with Crippen LogP contribution in [0.4, 0.5) is 0 Å². The van der Waals surface area contributed by atoms with E-state index in [1.165, 1.54) is 42.1 Å². The Bertz CT molecular complexity index is 444. The molecule has 0 amide bonds. The lowest BCUT2D eigenvalue weighted by molar-refractivity contribution is 0.170. The fourth-order valence-corrected chi connectivity index (χ4v) is 4.78. The van der Waals surface area contributed by atoms with Crippen molar-refractivity contribution in [1.29, 1.82) is 0 Å². The molecule has 1 saturated heterocycles. The van der Waals surface area contributed by atoms with Crippen LogP contribution < -0.4 is 5.73 Å².